The van der Waals surface area contributed by atoms with E-state index in [1.54, 1.807) is 26.4 Å². The zero-order chi connectivity index (χ0) is 21.8. The minimum atomic E-state index is -0.197. The van der Waals surface area contributed by atoms with Gasteiger partial charge in [-0.15, -0.1) is 11.3 Å². The zero-order valence-corrected chi connectivity index (χ0v) is 19.1. The van der Waals surface area contributed by atoms with Gasteiger partial charge < -0.3 is 14.8 Å². The predicted octanol–water partition coefficient (Wildman–Crippen LogP) is 4.06. The van der Waals surface area contributed by atoms with Crippen LogP contribution in [0, 0.1) is 0 Å². The van der Waals surface area contributed by atoms with Crippen LogP contribution in [0.4, 0.5) is 5.69 Å². The van der Waals surface area contributed by atoms with Gasteiger partial charge >= 0.3 is 0 Å². The first-order valence-electron chi connectivity index (χ1n) is 10.5. The average molecular weight is 440 g/mol. The summed E-state index contributed by atoms with van der Waals surface area (Å²) < 4.78 is 11.9. The van der Waals surface area contributed by atoms with Gasteiger partial charge in [0.15, 0.2) is 11.5 Å². The lowest BCUT2D eigenvalue weighted by Gasteiger charge is -2.37. The lowest BCUT2D eigenvalue weighted by atomic mass is 10.1. The fourth-order valence-electron chi connectivity index (χ4n) is 4.03. The molecule has 3 aromatic rings. The van der Waals surface area contributed by atoms with E-state index in [9.17, 15) is 4.79 Å². The van der Waals surface area contributed by atoms with Crippen LogP contribution in [0.2, 0.25) is 0 Å². The molecule has 1 amide bonds. The SMILES string of the molecule is COc1ccc(NC(=O)[C@@H](C)N2CCN(Cc3csc4ccccc34)CC2)cc1OC. The molecule has 7 heteroatoms. The number of amides is 1. The number of nitrogens with zero attached hydrogens (tertiary/aromatic N) is 2. The molecule has 0 saturated carbocycles. The number of anilines is 1. The lowest BCUT2D eigenvalue weighted by Crippen LogP contribution is -2.52. The summed E-state index contributed by atoms with van der Waals surface area (Å²) in [7, 11) is 3.18. The van der Waals surface area contributed by atoms with E-state index in [4.69, 9.17) is 9.47 Å². The van der Waals surface area contributed by atoms with Crippen molar-refractivity contribution in [3.05, 3.63) is 53.4 Å². The first kappa shape index (κ1) is 21.6. The Bertz CT molecular complexity index is 1040. The first-order chi connectivity index (χ1) is 15.1. The van der Waals surface area contributed by atoms with Crippen molar-refractivity contribution in [1.29, 1.82) is 0 Å². The van der Waals surface area contributed by atoms with Crippen LogP contribution in [-0.4, -0.2) is 62.1 Å². The van der Waals surface area contributed by atoms with Gasteiger partial charge in [0.05, 0.1) is 20.3 Å². The Morgan fingerprint density at radius 1 is 1.06 bits per heavy atom. The number of benzene rings is 2. The van der Waals surface area contributed by atoms with Gasteiger partial charge in [-0.25, -0.2) is 0 Å². The van der Waals surface area contributed by atoms with Gasteiger partial charge in [0, 0.05) is 49.2 Å². The molecule has 1 N–H and O–H groups in total. The number of fused-ring (bicyclic) bond motifs is 1. The summed E-state index contributed by atoms with van der Waals surface area (Å²) in [6.45, 7) is 6.60. The maximum atomic E-state index is 12.8. The summed E-state index contributed by atoms with van der Waals surface area (Å²) in [6, 6.07) is 13.8. The Hall–Kier alpha value is -2.61. The number of piperazine rings is 1. The summed E-state index contributed by atoms with van der Waals surface area (Å²) in [6.07, 6.45) is 0. The third kappa shape index (κ3) is 4.84. The molecule has 31 heavy (non-hydrogen) atoms. The van der Waals surface area contributed by atoms with Crippen LogP contribution in [-0.2, 0) is 11.3 Å². The molecule has 1 atom stereocenters. The monoisotopic (exact) mass is 439 g/mol. The summed E-state index contributed by atoms with van der Waals surface area (Å²) in [5.74, 6) is 1.23. The average Bonchev–Trinajstić information content (AvgIpc) is 3.21. The van der Waals surface area contributed by atoms with Crippen molar-refractivity contribution in [2.75, 3.05) is 45.7 Å². The van der Waals surface area contributed by atoms with E-state index in [-0.39, 0.29) is 11.9 Å². The van der Waals surface area contributed by atoms with Crippen LogP contribution in [0.5, 0.6) is 11.5 Å². The van der Waals surface area contributed by atoms with Gasteiger partial charge in [0.1, 0.15) is 0 Å². The highest BCUT2D eigenvalue weighted by Gasteiger charge is 2.26. The maximum Gasteiger partial charge on any atom is 0.241 e. The van der Waals surface area contributed by atoms with Crippen LogP contribution >= 0.6 is 11.3 Å². The van der Waals surface area contributed by atoms with Gasteiger partial charge in [0.25, 0.3) is 0 Å². The van der Waals surface area contributed by atoms with Crippen LogP contribution < -0.4 is 14.8 Å². The molecule has 0 spiro atoms. The molecule has 2 heterocycles. The van der Waals surface area contributed by atoms with E-state index in [1.165, 1.54) is 15.6 Å². The molecule has 1 aliphatic rings. The minimum Gasteiger partial charge on any atom is -0.493 e. The number of carbonyl (C=O) groups is 1. The number of carbonyl (C=O) groups excluding carboxylic acids is 1. The van der Waals surface area contributed by atoms with Crippen molar-refractivity contribution in [2.24, 2.45) is 0 Å². The van der Waals surface area contributed by atoms with E-state index in [0.29, 0.717) is 17.2 Å². The third-order valence-corrected chi connectivity index (χ3v) is 6.95. The van der Waals surface area contributed by atoms with Crippen molar-refractivity contribution in [1.82, 2.24) is 9.80 Å². The standard InChI is InChI=1S/C24H29N3O3S/c1-17(24(28)25-19-8-9-21(29-2)22(14-19)30-3)27-12-10-26(11-13-27)15-18-16-31-23-7-5-4-6-20(18)23/h4-9,14,16-17H,10-13,15H2,1-3H3,(H,25,28)/t17-/m1/s1. The fraction of sp³-hybridized carbons (Fsp3) is 0.375. The van der Waals surface area contributed by atoms with Crippen molar-refractivity contribution >= 4 is 33.0 Å². The quantitative estimate of drug-likeness (QED) is 0.602. The number of rotatable bonds is 7. The number of nitrogens with one attached hydrogen (secondary N) is 1. The molecule has 1 fully saturated rings. The summed E-state index contributed by atoms with van der Waals surface area (Å²) >= 11 is 1.81. The number of ether oxygens (including phenoxy) is 2. The highest BCUT2D eigenvalue weighted by atomic mass is 32.1. The van der Waals surface area contributed by atoms with E-state index < -0.39 is 0 Å². The van der Waals surface area contributed by atoms with Gasteiger partial charge in [-0.3, -0.25) is 14.6 Å². The van der Waals surface area contributed by atoms with Crippen molar-refractivity contribution in [3.63, 3.8) is 0 Å². The normalized spacial score (nSPS) is 16.2. The molecule has 0 unspecified atom stereocenters. The topological polar surface area (TPSA) is 54.0 Å². The van der Waals surface area contributed by atoms with Crippen LogP contribution in [0.25, 0.3) is 10.1 Å². The molecule has 0 aliphatic carbocycles. The highest BCUT2D eigenvalue weighted by Crippen LogP contribution is 2.30. The van der Waals surface area contributed by atoms with Crippen molar-refractivity contribution in [3.8, 4) is 11.5 Å². The Labute approximate surface area is 187 Å². The summed E-state index contributed by atoms with van der Waals surface area (Å²) in [5.41, 5.74) is 2.10. The predicted molar refractivity (Wildman–Crippen MR) is 126 cm³/mol. The molecular formula is C24H29N3O3S. The Morgan fingerprint density at radius 3 is 2.55 bits per heavy atom. The summed E-state index contributed by atoms with van der Waals surface area (Å²) in [4.78, 5) is 17.5. The maximum absolute atomic E-state index is 12.8. The molecule has 0 radical (unpaired) electrons. The molecule has 6 nitrogen and oxygen atoms in total. The lowest BCUT2D eigenvalue weighted by molar-refractivity contribution is -0.121. The van der Waals surface area contributed by atoms with Crippen molar-refractivity contribution < 1.29 is 14.3 Å². The number of hydrogen-bond acceptors (Lipinski definition) is 6. The number of methoxy groups -OCH3 is 2. The Kier molecular flexibility index (Phi) is 6.75. The third-order valence-electron chi connectivity index (χ3n) is 5.94. The fourth-order valence-corrected chi connectivity index (χ4v) is 4.99. The van der Waals surface area contributed by atoms with E-state index >= 15 is 0 Å². The first-order valence-corrected chi connectivity index (χ1v) is 11.4. The van der Waals surface area contributed by atoms with Gasteiger partial charge in [0.2, 0.25) is 5.91 Å². The molecule has 1 aliphatic heterocycles. The van der Waals surface area contributed by atoms with Crippen LogP contribution in [0.15, 0.2) is 47.8 Å². The van der Waals surface area contributed by atoms with E-state index in [0.717, 1.165) is 32.7 Å². The van der Waals surface area contributed by atoms with Gasteiger partial charge in [-0.05, 0) is 41.5 Å². The highest BCUT2D eigenvalue weighted by molar-refractivity contribution is 7.17. The molecule has 4 rings (SSSR count). The molecule has 0 bridgehead atoms. The number of thiophene rings is 1. The van der Waals surface area contributed by atoms with Gasteiger partial charge in [-0.2, -0.15) is 0 Å². The second-order valence-corrected chi connectivity index (χ2v) is 8.72. The van der Waals surface area contributed by atoms with E-state index in [1.807, 2.05) is 24.3 Å². The van der Waals surface area contributed by atoms with E-state index in [2.05, 4.69) is 44.8 Å². The molecule has 2 aromatic carbocycles. The molecule has 1 aromatic heterocycles. The molecular weight excluding hydrogens is 410 g/mol. The molecule has 164 valence electrons. The Balaban J connectivity index is 1.31. The second kappa shape index (κ2) is 9.68. The smallest absolute Gasteiger partial charge is 0.241 e. The minimum absolute atomic E-state index is 0.00972. The number of hydrogen-bond donors (Lipinski definition) is 1. The zero-order valence-electron chi connectivity index (χ0n) is 18.3. The van der Waals surface area contributed by atoms with Crippen LogP contribution in [0.1, 0.15) is 12.5 Å². The Morgan fingerprint density at radius 2 is 1.81 bits per heavy atom. The van der Waals surface area contributed by atoms with Crippen molar-refractivity contribution in [2.45, 2.75) is 19.5 Å². The summed E-state index contributed by atoms with van der Waals surface area (Å²) in [5, 5.41) is 6.64. The largest absolute Gasteiger partial charge is 0.493 e. The second-order valence-electron chi connectivity index (χ2n) is 7.80. The molecule has 1 saturated heterocycles. The van der Waals surface area contributed by atoms with Crippen LogP contribution in [0.3, 0.4) is 0 Å². The van der Waals surface area contributed by atoms with Gasteiger partial charge in [-0.1, -0.05) is 18.2 Å².